The lowest BCUT2D eigenvalue weighted by molar-refractivity contribution is -0.118. The van der Waals surface area contributed by atoms with Gasteiger partial charge in [-0.2, -0.15) is 0 Å². The number of fused-ring (bicyclic) bond motifs is 2. The van der Waals surface area contributed by atoms with Gasteiger partial charge in [0.15, 0.2) is 12.4 Å². The number of benzene rings is 2. The number of ether oxygens (including phenoxy) is 1. The number of nitrogens with zero attached hydrogens (tertiary/aromatic N) is 2. The van der Waals surface area contributed by atoms with Crippen LogP contribution >= 0.6 is 0 Å². The average Bonchev–Trinajstić information content (AvgIpc) is 2.64. The molecule has 1 N–H and O–H groups in total. The number of Topliss-reactive ketones (excluding diaryl/α,β-unsaturated/α-hetero) is 1. The lowest BCUT2D eigenvalue weighted by Crippen LogP contribution is -2.26. The number of anilines is 1. The summed E-state index contributed by atoms with van der Waals surface area (Å²) in [6.07, 6.45) is 1.39. The minimum Gasteiger partial charge on any atom is -0.482 e. The molecular weight excluding hydrogens is 334 g/mol. The summed E-state index contributed by atoms with van der Waals surface area (Å²) in [5, 5.41) is 3.14. The number of aryl methyl sites for hydroxylation is 1. The predicted octanol–water partition coefficient (Wildman–Crippen LogP) is 1.92. The van der Waals surface area contributed by atoms with Crippen molar-refractivity contribution >= 4 is 28.3 Å². The summed E-state index contributed by atoms with van der Waals surface area (Å²) in [4.78, 5) is 40.9. The van der Waals surface area contributed by atoms with Gasteiger partial charge in [0, 0.05) is 5.56 Å². The number of para-hydroxylation sites is 1. The van der Waals surface area contributed by atoms with Crippen LogP contribution in [-0.4, -0.2) is 27.8 Å². The highest BCUT2D eigenvalue weighted by Gasteiger charge is 2.18. The molecule has 1 aromatic heterocycles. The second-order valence-electron chi connectivity index (χ2n) is 6.12. The molecule has 7 heteroatoms. The Morgan fingerprint density at radius 3 is 2.96 bits per heavy atom. The third kappa shape index (κ3) is 2.73. The predicted molar refractivity (Wildman–Crippen MR) is 95.6 cm³/mol. The van der Waals surface area contributed by atoms with Crippen molar-refractivity contribution in [1.29, 1.82) is 0 Å². The van der Waals surface area contributed by atoms with Crippen LogP contribution in [0.4, 0.5) is 5.69 Å². The molecule has 3 aromatic rings. The molecule has 1 aliphatic rings. The smallest absolute Gasteiger partial charge is 0.262 e. The fourth-order valence-corrected chi connectivity index (χ4v) is 2.95. The van der Waals surface area contributed by atoms with Crippen molar-refractivity contribution in [1.82, 2.24) is 9.55 Å². The van der Waals surface area contributed by atoms with E-state index in [1.807, 2.05) is 13.0 Å². The minimum atomic E-state index is -0.271. The van der Waals surface area contributed by atoms with E-state index in [9.17, 15) is 14.4 Å². The molecule has 2 heterocycles. The number of hydrogen-bond donors (Lipinski definition) is 1. The quantitative estimate of drug-likeness (QED) is 0.730. The lowest BCUT2D eigenvalue weighted by atomic mass is 10.1. The number of ketones is 1. The van der Waals surface area contributed by atoms with Gasteiger partial charge in [0.25, 0.3) is 11.5 Å². The van der Waals surface area contributed by atoms with Gasteiger partial charge in [0.1, 0.15) is 5.75 Å². The second-order valence-corrected chi connectivity index (χ2v) is 6.12. The normalized spacial score (nSPS) is 13.0. The molecular formula is C19H15N3O4. The third-order valence-electron chi connectivity index (χ3n) is 4.30. The summed E-state index contributed by atoms with van der Waals surface area (Å²) in [5.74, 6) is -0.0166. The van der Waals surface area contributed by atoms with E-state index in [2.05, 4.69) is 10.3 Å². The van der Waals surface area contributed by atoms with Crippen LogP contribution in [0.15, 0.2) is 47.5 Å². The zero-order valence-electron chi connectivity index (χ0n) is 14.0. The van der Waals surface area contributed by atoms with E-state index < -0.39 is 0 Å². The van der Waals surface area contributed by atoms with Gasteiger partial charge < -0.3 is 10.1 Å². The molecule has 4 rings (SSSR count). The minimum absolute atomic E-state index is 0.0438. The maximum absolute atomic E-state index is 12.6. The van der Waals surface area contributed by atoms with Gasteiger partial charge in [0.05, 0.1) is 29.5 Å². The Hall–Kier alpha value is -3.48. The highest BCUT2D eigenvalue weighted by atomic mass is 16.5. The van der Waals surface area contributed by atoms with Gasteiger partial charge in [-0.05, 0) is 36.8 Å². The first-order valence-corrected chi connectivity index (χ1v) is 8.07. The summed E-state index contributed by atoms with van der Waals surface area (Å²) < 4.78 is 6.57. The molecule has 0 fully saturated rings. The van der Waals surface area contributed by atoms with Crippen LogP contribution < -0.4 is 15.6 Å². The highest BCUT2D eigenvalue weighted by Crippen LogP contribution is 2.28. The number of hydrogen-bond acceptors (Lipinski definition) is 5. The van der Waals surface area contributed by atoms with Gasteiger partial charge >= 0.3 is 0 Å². The first-order valence-electron chi connectivity index (χ1n) is 8.07. The number of carbonyl (C=O) groups excluding carboxylic acids is 2. The van der Waals surface area contributed by atoms with Crippen molar-refractivity contribution in [3.05, 3.63) is 64.2 Å². The summed E-state index contributed by atoms with van der Waals surface area (Å²) >= 11 is 0. The molecule has 0 unspecified atom stereocenters. The number of carbonyl (C=O) groups is 2. The van der Waals surface area contributed by atoms with E-state index in [0.717, 1.165) is 5.56 Å². The fraction of sp³-hybridized carbons (Fsp3) is 0.158. The topological polar surface area (TPSA) is 90.3 Å². The number of aromatic nitrogens is 2. The van der Waals surface area contributed by atoms with Crippen molar-refractivity contribution in [3.63, 3.8) is 0 Å². The largest absolute Gasteiger partial charge is 0.482 e. The monoisotopic (exact) mass is 349 g/mol. The Morgan fingerprint density at radius 2 is 2.12 bits per heavy atom. The molecule has 0 bridgehead atoms. The van der Waals surface area contributed by atoms with Crippen LogP contribution in [0.1, 0.15) is 15.9 Å². The van der Waals surface area contributed by atoms with E-state index >= 15 is 0 Å². The first-order chi connectivity index (χ1) is 12.5. The van der Waals surface area contributed by atoms with Crippen LogP contribution in [0, 0.1) is 6.92 Å². The second kappa shape index (κ2) is 6.11. The number of amides is 1. The number of rotatable bonds is 3. The maximum Gasteiger partial charge on any atom is 0.262 e. The Morgan fingerprint density at radius 1 is 1.27 bits per heavy atom. The van der Waals surface area contributed by atoms with E-state index in [-0.39, 0.29) is 30.4 Å². The third-order valence-corrected chi connectivity index (χ3v) is 4.30. The van der Waals surface area contributed by atoms with Crippen LogP contribution in [-0.2, 0) is 11.3 Å². The van der Waals surface area contributed by atoms with Gasteiger partial charge in [0.2, 0.25) is 0 Å². The Kier molecular flexibility index (Phi) is 3.76. The van der Waals surface area contributed by atoms with Crippen LogP contribution in [0.25, 0.3) is 10.9 Å². The van der Waals surface area contributed by atoms with Crippen molar-refractivity contribution in [2.75, 3.05) is 11.9 Å². The van der Waals surface area contributed by atoms with Crippen LogP contribution in [0.2, 0.25) is 0 Å². The van der Waals surface area contributed by atoms with Gasteiger partial charge in [-0.15, -0.1) is 0 Å². The zero-order chi connectivity index (χ0) is 18.3. The van der Waals surface area contributed by atoms with E-state index in [0.29, 0.717) is 27.9 Å². The molecule has 26 heavy (non-hydrogen) atoms. The molecule has 130 valence electrons. The molecule has 7 nitrogen and oxygen atoms in total. The summed E-state index contributed by atoms with van der Waals surface area (Å²) in [6, 6.07) is 10.2. The molecule has 0 spiro atoms. The molecule has 0 saturated heterocycles. The van der Waals surface area contributed by atoms with E-state index in [4.69, 9.17) is 4.74 Å². The highest BCUT2D eigenvalue weighted by molar-refractivity contribution is 6.00. The van der Waals surface area contributed by atoms with Crippen molar-refractivity contribution < 1.29 is 14.3 Å². The molecule has 0 aliphatic carbocycles. The maximum atomic E-state index is 12.6. The van der Waals surface area contributed by atoms with E-state index in [1.54, 1.807) is 30.3 Å². The summed E-state index contributed by atoms with van der Waals surface area (Å²) in [5.41, 5.74) is 2.11. The van der Waals surface area contributed by atoms with Crippen molar-refractivity contribution in [2.24, 2.45) is 0 Å². The van der Waals surface area contributed by atoms with Crippen molar-refractivity contribution in [2.45, 2.75) is 13.5 Å². The first kappa shape index (κ1) is 16.0. The Balaban J connectivity index is 1.66. The lowest BCUT2D eigenvalue weighted by Gasteiger charge is -2.18. The van der Waals surface area contributed by atoms with Gasteiger partial charge in [-0.25, -0.2) is 4.98 Å². The fourth-order valence-electron chi connectivity index (χ4n) is 2.95. The molecule has 0 atom stereocenters. The van der Waals surface area contributed by atoms with Gasteiger partial charge in [-0.1, -0.05) is 12.1 Å². The molecule has 1 amide bonds. The van der Waals surface area contributed by atoms with Crippen molar-refractivity contribution in [3.8, 4) is 5.75 Å². The standard InChI is InChI=1S/C19H15N3O4/c1-11-3-2-4-13-18(11)20-10-22(19(13)25)8-15(23)12-5-6-16-14(7-12)21-17(24)9-26-16/h2-7,10H,8-9H2,1H3,(H,21,24). The zero-order valence-corrected chi connectivity index (χ0v) is 14.0. The SMILES string of the molecule is Cc1cccc2c(=O)n(CC(=O)c3ccc4c(c3)NC(=O)CO4)cnc12. The van der Waals surface area contributed by atoms with E-state index in [1.165, 1.54) is 10.9 Å². The number of nitrogens with one attached hydrogen (secondary N) is 1. The summed E-state index contributed by atoms with van der Waals surface area (Å²) in [7, 11) is 0. The average molecular weight is 349 g/mol. The Labute approximate surface area is 148 Å². The molecule has 1 aliphatic heterocycles. The summed E-state index contributed by atoms with van der Waals surface area (Å²) in [6.45, 7) is 1.70. The Bertz CT molecular complexity index is 1120. The molecule has 0 radical (unpaired) electrons. The van der Waals surface area contributed by atoms with Crippen LogP contribution in [0.5, 0.6) is 5.75 Å². The van der Waals surface area contributed by atoms with Gasteiger partial charge in [-0.3, -0.25) is 19.0 Å². The molecule has 0 saturated carbocycles. The van der Waals surface area contributed by atoms with Crippen LogP contribution in [0.3, 0.4) is 0 Å². The molecule has 2 aromatic carbocycles.